The minimum Gasteiger partial charge on any atom is -0.323 e. The lowest BCUT2D eigenvalue weighted by molar-refractivity contribution is -0.140. The van der Waals surface area contributed by atoms with Crippen molar-refractivity contribution in [3.8, 4) is 11.4 Å². The van der Waals surface area contributed by atoms with Gasteiger partial charge in [0.2, 0.25) is 5.91 Å². The van der Waals surface area contributed by atoms with Gasteiger partial charge < -0.3 is 5.32 Å². The van der Waals surface area contributed by atoms with Gasteiger partial charge in [-0.05, 0) is 12.3 Å². The van der Waals surface area contributed by atoms with Crippen molar-refractivity contribution in [3.63, 3.8) is 0 Å². The van der Waals surface area contributed by atoms with Crippen LogP contribution in [0.25, 0.3) is 11.4 Å². The van der Waals surface area contributed by atoms with E-state index in [0.717, 1.165) is 31.9 Å². The molecule has 0 bridgehead atoms. The van der Waals surface area contributed by atoms with Crippen LogP contribution in [-0.4, -0.2) is 25.8 Å². The zero-order valence-corrected chi connectivity index (χ0v) is 14.0. The minimum absolute atomic E-state index is 0.151. The molecule has 1 amide bonds. The number of hydrogen-bond acceptors (Lipinski definition) is 5. The second-order valence-corrected chi connectivity index (χ2v) is 6.32. The Labute approximate surface area is 148 Å². The van der Waals surface area contributed by atoms with Gasteiger partial charge in [-0.15, -0.1) is 0 Å². The molecule has 0 spiro atoms. The summed E-state index contributed by atoms with van der Waals surface area (Å²) >= 11 is 0. The van der Waals surface area contributed by atoms with Crippen LogP contribution in [0.5, 0.6) is 0 Å². The van der Waals surface area contributed by atoms with E-state index in [1.54, 1.807) is 0 Å². The van der Waals surface area contributed by atoms with E-state index in [1.807, 2.05) is 0 Å². The van der Waals surface area contributed by atoms with Gasteiger partial charge in [0.1, 0.15) is 6.33 Å². The smallest absolute Gasteiger partial charge is 0.323 e. The van der Waals surface area contributed by atoms with E-state index in [1.165, 1.54) is 18.7 Å². The van der Waals surface area contributed by atoms with Crippen LogP contribution in [0.15, 0.2) is 24.9 Å². The van der Waals surface area contributed by atoms with Gasteiger partial charge in [-0.2, -0.15) is 13.2 Å². The van der Waals surface area contributed by atoms with Crippen molar-refractivity contribution in [2.75, 3.05) is 5.32 Å². The fraction of sp³-hybridized carbons (Fsp3) is 0.471. The molecule has 1 aliphatic rings. The van der Waals surface area contributed by atoms with E-state index in [2.05, 4.69) is 25.3 Å². The van der Waals surface area contributed by atoms with Crippen molar-refractivity contribution in [2.45, 2.75) is 44.7 Å². The first-order chi connectivity index (χ1) is 12.4. The molecule has 138 valence electrons. The number of nitrogens with zero attached hydrogens (tertiary/aromatic N) is 4. The Kier molecular flexibility index (Phi) is 5.43. The highest BCUT2D eigenvalue weighted by Crippen LogP contribution is 2.34. The van der Waals surface area contributed by atoms with Crippen molar-refractivity contribution in [1.29, 1.82) is 0 Å². The third-order valence-corrected chi connectivity index (χ3v) is 4.40. The van der Waals surface area contributed by atoms with Gasteiger partial charge in [0.15, 0.2) is 11.5 Å². The van der Waals surface area contributed by atoms with Crippen LogP contribution in [-0.2, 0) is 11.0 Å². The molecule has 0 saturated heterocycles. The highest BCUT2D eigenvalue weighted by atomic mass is 19.4. The van der Waals surface area contributed by atoms with E-state index in [-0.39, 0.29) is 17.8 Å². The molecule has 6 nitrogen and oxygen atoms in total. The maximum atomic E-state index is 13.4. The molecule has 26 heavy (non-hydrogen) atoms. The fourth-order valence-corrected chi connectivity index (χ4v) is 3.09. The third-order valence-electron chi connectivity index (χ3n) is 4.40. The van der Waals surface area contributed by atoms with Gasteiger partial charge in [-0.1, -0.05) is 25.7 Å². The van der Waals surface area contributed by atoms with Crippen molar-refractivity contribution < 1.29 is 18.0 Å². The number of rotatable bonds is 5. The molecule has 0 unspecified atom stereocenters. The summed E-state index contributed by atoms with van der Waals surface area (Å²) in [6.07, 6.45) is 5.51. The number of carbonyl (C=O) groups excluding carboxylic acids is 1. The molecule has 1 saturated carbocycles. The van der Waals surface area contributed by atoms with Gasteiger partial charge in [0.25, 0.3) is 0 Å². The first-order valence-corrected chi connectivity index (χ1v) is 8.43. The Balaban J connectivity index is 1.76. The summed E-state index contributed by atoms with van der Waals surface area (Å²) in [5, 5.41) is 2.30. The van der Waals surface area contributed by atoms with Crippen LogP contribution < -0.4 is 5.32 Å². The number of carbonyl (C=O) groups is 1. The summed E-state index contributed by atoms with van der Waals surface area (Å²) in [6, 6.07) is 0. The maximum absolute atomic E-state index is 13.4. The topological polar surface area (TPSA) is 80.7 Å². The lowest BCUT2D eigenvalue weighted by Gasteiger charge is -2.14. The molecular formula is C17H18F3N5O. The van der Waals surface area contributed by atoms with Gasteiger partial charge in [0.05, 0.1) is 17.4 Å². The van der Waals surface area contributed by atoms with Gasteiger partial charge in [0, 0.05) is 18.8 Å². The summed E-state index contributed by atoms with van der Waals surface area (Å²) in [4.78, 5) is 27.0. The van der Waals surface area contributed by atoms with E-state index in [4.69, 9.17) is 0 Å². The van der Waals surface area contributed by atoms with Crippen LogP contribution in [0.2, 0.25) is 0 Å². The third kappa shape index (κ3) is 4.53. The second kappa shape index (κ2) is 7.76. The van der Waals surface area contributed by atoms with Gasteiger partial charge in [-0.25, -0.2) is 19.9 Å². The lowest BCUT2D eigenvalue weighted by atomic mass is 10.0. The highest BCUT2D eigenvalue weighted by Gasteiger charge is 2.37. The first kappa shape index (κ1) is 18.2. The number of halogens is 3. The van der Waals surface area contributed by atoms with Crippen molar-refractivity contribution in [3.05, 3.63) is 30.6 Å². The quantitative estimate of drug-likeness (QED) is 0.870. The number of nitrogens with one attached hydrogen (secondary N) is 1. The Morgan fingerprint density at radius 1 is 1.15 bits per heavy atom. The predicted molar refractivity (Wildman–Crippen MR) is 87.9 cm³/mol. The zero-order chi connectivity index (χ0) is 18.6. The number of amides is 1. The Hall–Kier alpha value is -2.58. The molecule has 9 heteroatoms. The summed E-state index contributed by atoms with van der Waals surface area (Å²) in [5.41, 5.74) is -1.35. The molecular weight excluding hydrogens is 347 g/mol. The monoisotopic (exact) mass is 365 g/mol. The Morgan fingerprint density at radius 2 is 1.85 bits per heavy atom. The van der Waals surface area contributed by atoms with Gasteiger partial charge >= 0.3 is 6.18 Å². The molecule has 3 rings (SSSR count). The lowest BCUT2D eigenvalue weighted by Crippen LogP contribution is -2.19. The van der Waals surface area contributed by atoms with Crippen LogP contribution >= 0.6 is 0 Å². The molecule has 2 aromatic rings. The standard InChI is InChI=1S/C17H18F3N5O/c18-17(19,20)15-13(24-14(26)6-5-11-3-1-2-4-11)9-23-16(25-15)12-7-21-10-22-8-12/h7-11H,1-6H2,(H,24,26). The number of anilines is 1. The van der Waals surface area contributed by atoms with Crippen molar-refractivity contribution in [2.24, 2.45) is 5.92 Å². The van der Waals surface area contributed by atoms with Crippen molar-refractivity contribution >= 4 is 11.6 Å². The molecule has 2 aromatic heterocycles. The highest BCUT2D eigenvalue weighted by molar-refractivity contribution is 5.91. The molecule has 1 aliphatic carbocycles. The summed E-state index contributed by atoms with van der Waals surface area (Å²) in [6.45, 7) is 0. The normalized spacial score (nSPS) is 15.2. The minimum atomic E-state index is -4.72. The SMILES string of the molecule is O=C(CCC1CCCC1)Nc1cnc(-c2cncnc2)nc1C(F)(F)F. The average Bonchev–Trinajstić information content (AvgIpc) is 3.14. The molecule has 0 atom stereocenters. The van der Waals surface area contributed by atoms with E-state index < -0.39 is 23.5 Å². The number of hydrogen-bond donors (Lipinski definition) is 1. The molecule has 1 fully saturated rings. The summed E-state index contributed by atoms with van der Waals surface area (Å²) in [5.74, 6) is -0.122. The molecule has 0 aliphatic heterocycles. The second-order valence-electron chi connectivity index (χ2n) is 6.32. The Bertz CT molecular complexity index is 761. The Morgan fingerprint density at radius 3 is 2.50 bits per heavy atom. The number of alkyl halides is 3. The van der Waals surface area contributed by atoms with E-state index in [9.17, 15) is 18.0 Å². The molecule has 0 radical (unpaired) electrons. The summed E-state index contributed by atoms with van der Waals surface area (Å²) < 4.78 is 40.1. The molecule has 2 heterocycles. The average molecular weight is 365 g/mol. The zero-order valence-electron chi connectivity index (χ0n) is 14.0. The molecule has 0 aromatic carbocycles. The molecule has 1 N–H and O–H groups in total. The fourth-order valence-electron chi connectivity index (χ4n) is 3.09. The van der Waals surface area contributed by atoms with E-state index in [0.29, 0.717) is 12.3 Å². The van der Waals surface area contributed by atoms with Crippen LogP contribution in [0.4, 0.5) is 18.9 Å². The van der Waals surface area contributed by atoms with Gasteiger partial charge in [-0.3, -0.25) is 4.79 Å². The maximum Gasteiger partial charge on any atom is 0.435 e. The van der Waals surface area contributed by atoms with Crippen LogP contribution in [0.3, 0.4) is 0 Å². The largest absolute Gasteiger partial charge is 0.435 e. The van der Waals surface area contributed by atoms with Crippen molar-refractivity contribution in [1.82, 2.24) is 19.9 Å². The summed E-state index contributed by atoms with van der Waals surface area (Å²) in [7, 11) is 0. The van der Waals surface area contributed by atoms with Crippen LogP contribution in [0.1, 0.15) is 44.2 Å². The van der Waals surface area contributed by atoms with E-state index >= 15 is 0 Å². The first-order valence-electron chi connectivity index (χ1n) is 8.43. The number of aromatic nitrogens is 4. The predicted octanol–water partition coefficient (Wildman–Crippen LogP) is 3.86. The van der Waals surface area contributed by atoms with Crippen LogP contribution in [0, 0.1) is 5.92 Å².